The van der Waals surface area contributed by atoms with Crippen LogP contribution in [0.3, 0.4) is 0 Å². The summed E-state index contributed by atoms with van der Waals surface area (Å²) < 4.78 is 93.9. The summed E-state index contributed by atoms with van der Waals surface area (Å²) in [5.74, 6) is 0. The van der Waals surface area contributed by atoms with Crippen molar-refractivity contribution >= 4 is 52.4 Å². The molecule has 1 fully saturated rings. The molecular weight excluding hydrogens is 757 g/mol. The molecule has 0 atom stereocenters. The molecule has 1 aliphatic heterocycles. The van der Waals surface area contributed by atoms with E-state index in [2.05, 4.69) is 25.9 Å². The van der Waals surface area contributed by atoms with Gasteiger partial charge in [0.2, 0.25) is 0 Å². The first-order valence-corrected chi connectivity index (χ1v) is 16.3. The molecule has 0 spiro atoms. The molecule has 0 radical (unpaired) electrons. The Balaban J connectivity index is 0.000000160. The topological polar surface area (TPSA) is 87.2 Å². The number of aromatic nitrogens is 4. The van der Waals surface area contributed by atoms with Crippen LogP contribution in [0.4, 0.5) is 26.3 Å². The largest absolute Gasteiger partial charge is 0.494 e. The van der Waals surface area contributed by atoms with Crippen LogP contribution in [-0.4, -0.2) is 49.7 Å². The Labute approximate surface area is 302 Å². The number of rotatable bonds is 4. The maximum Gasteiger partial charge on any atom is 0.494 e. The van der Waals surface area contributed by atoms with Gasteiger partial charge in [-0.05, 0) is 85.5 Å². The second kappa shape index (κ2) is 14.7. The third-order valence-electron chi connectivity index (χ3n) is 8.61. The van der Waals surface area contributed by atoms with E-state index in [0.717, 1.165) is 28.4 Å². The van der Waals surface area contributed by atoms with Gasteiger partial charge in [0.25, 0.3) is 0 Å². The molecule has 1 aliphatic rings. The number of imidazole rings is 2. The normalized spacial score (nSPS) is 15.1. The third-order valence-corrected chi connectivity index (χ3v) is 9.19. The summed E-state index contributed by atoms with van der Waals surface area (Å²) in [5, 5.41) is 0. The molecule has 2 aromatic carbocycles. The third kappa shape index (κ3) is 8.13. The van der Waals surface area contributed by atoms with Crippen molar-refractivity contribution in [2.24, 2.45) is 0 Å². The van der Waals surface area contributed by atoms with Crippen molar-refractivity contribution in [3.63, 3.8) is 0 Å². The van der Waals surface area contributed by atoms with Gasteiger partial charge in [0.1, 0.15) is 15.9 Å². The van der Waals surface area contributed by atoms with E-state index in [9.17, 15) is 35.9 Å². The summed E-state index contributed by atoms with van der Waals surface area (Å²) in [4.78, 5) is 29.8. The standard InChI is InChI=1S/C15H9F3N2O.C14H16BF3O3.C7H5BrN2/c16-15(17,18)12-7-10(4-5-11(12)9-21)13-8-19-14-3-1-2-6-20(13)14;1-12(2)13(3,4)21-15(20-12)10-6-5-9(8-19)11(7-10)14(16,17)18;8-6-5-9-7-3-1-2-4-10(6)7/h1-9H;5-8H,1-4H3;1-5H. The van der Waals surface area contributed by atoms with Crippen LogP contribution in [0.25, 0.3) is 22.6 Å². The van der Waals surface area contributed by atoms with Crippen LogP contribution in [0.2, 0.25) is 0 Å². The summed E-state index contributed by atoms with van der Waals surface area (Å²) in [6.07, 6.45) is -1.80. The molecular formula is C36H30BBrF6N4O4. The molecule has 4 aromatic heterocycles. The molecule has 7 rings (SSSR count). The van der Waals surface area contributed by atoms with Gasteiger partial charge in [-0.25, -0.2) is 9.97 Å². The van der Waals surface area contributed by atoms with Crippen molar-refractivity contribution in [2.75, 3.05) is 0 Å². The lowest BCUT2D eigenvalue weighted by Crippen LogP contribution is -2.41. The smallest absolute Gasteiger partial charge is 0.399 e. The zero-order valence-corrected chi connectivity index (χ0v) is 29.6. The number of alkyl halides is 6. The highest BCUT2D eigenvalue weighted by Gasteiger charge is 2.52. The van der Waals surface area contributed by atoms with Gasteiger partial charge < -0.3 is 9.31 Å². The predicted molar refractivity (Wildman–Crippen MR) is 186 cm³/mol. The first-order valence-electron chi connectivity index (χ1n) is 15.5. The molecule has 0 aliphatic carbocycles. The molecule has 52 heavy (non-hydrogen) atoms. The predicted octanol–water partition coefficient (Wildman–Crippen LogP) is 8.75. The van der Waals surface area contributed by atoms with E-state index in [1.807, 2.05) is 56.5 Å². The highest BCUT2D eigenvalue weighted by Crippen LogP contribution is 2.38. The molecule has 270 valence electrons. The van der Waals surface area contributed by atoms with Crippen molar-refractivity contribution in [2.45, 2.75) is 51.2 Å². The van der Waals surface area contributed by atoms with Gasteiger partial charge >= 0.3 is 19.5 Å². The maximum absolute atomic E-state index is 13.0. The zero-order chi connectivity index (χ0) is 38.1. The number of carbonyl (C=O) groups excluding carboxylic acids is 2. The van der Waals surface area contributed by atoms with E-state index in [4.69, 9.17) is 9.31 Å². The van der Waals surface area contributed by atoms with Crippen LogP contribution in [-0.2, 0) is 21.7 Å². The lowest BCUT2D eigenvalue weighted by molar-refractivity contribution is -0.138. The van der Waals surface area contributed by atoms with Crippen molar-refractivity contribution in [1.29, 1.82) is 0 Å². The molecule has 0 unspecified atom stereocenters. The molecule has 0 saturated carbocycles. The monoisotopic (exact) mass is 786 g/mol. The van der Waals surface area contributed by atoms with E-state index < -0.39 is 47.4 Å². The minimum absolute atomic E-state index is 0.191. The molecule has 5 heterocycles. The van der Waals surface area contributed by atoms with Crippen molar-refractivity contribution in [3.05, 3.63) is 124 Å². The lowest BCUT2D eigenvalue weighted by atomic mass is 9.77. The van der Waals surface area contributed by atoms with Gasteiger partial charge in [0, 0.05) is 29.1 Å². The Morgan fingerprint density at radius 1 is 0.692 bits per heavy atom. The summed E-state index contributed by atoms with van der Waals surface area (Å²) in [7, 11) is -0.892. The number of hydrogen-bond donors (Lipinski definition) is 0. The molecule has 0 amide bonds. The van der Waals surface area contributed by atoms with Gasteiger partial charge in [0.15, 0.2) is 12.6 Å². The number of halogens is 7. The number of aldehydes is 2. The minimum atomic E-state index is -4.60. The fourth-order valence-electron chi connectivity index (χ4n) is 5.16. The maximum atomic E-state index is 13.0. The number of pyridine rings is 2. The SMILES string of the molecule is Brc1cnc2ccccn12.CC1(C)OB(c2ccc(C=O)c(C(F)(F)F)c2)OC1(C)C.O=Cc1ccc(-c2cnc3ccccn23)cc1C(F)(F)F. The van der Waals surface area contributed by atoms with Crippen LogP contribution in [0.5, 0.6) is 0 Å². The van der Waals surface area contributed by atoms with Gasteiger partial charge in [-0.3, -0.25) is 18.4 Å². The summed E-state index contributed by atoms with van der Waals surface area (Å²) in [6, 6.07) is 18.3. The van der Waals surface area contributed by atoms with Gasteiger partial charge in [-0.15, -0.1) is 0 Å². The quantitative estimate of drug-likeness (QED) is 0.101. The first kappa shape index (κ1) is 38.4. The van der Waals surface area contributed by atoms with Crippen molar-refractivity contribution in [3.8, 4) is 11.3 Å². The minimum Gasteiger partial charge on any atom is -0.399 e. The zero-order valence-electron chi connectivity index (χ0n) is 28.0. The number of fused-ring (bicyclic) bond motifs is 2. The molecule has 1 saturated heterocycles. The van der Waals surface area contributed by atoms with Crippen LogP contribution in [0.1, 0.15) is 59.5 Å². The highest BCUT2D eigenvalue weighted by atomic mass is 79.9. The number of hydrogen-bond acceptors (Lipinski definition) is 6. The van der Waals surface area contributed by atoms with E-state index in [1.165, 1.54) is 24.4 Å². The summed E-state index contributed by atoms with van der Waals surface area (Å²) >= 11 is 3.37. The fraction of sp³-hybridized carbons (Fsp3) is 0.222. The average Bonchev–Trinajstić information content (AvgIpc) is 3.76. The van der Waals surface area contributed by atoms with Crippen LogP contribution >= 0.6 is 15.9 Å². The Hall–Kier alpha value is -4.80. The average molecular weight is 787 g/mol. The molecule has 16 heteroatoms. The fourth-order valence-corrected chi connectivity index (χ4v) is 5.56. The van der Waals surface area contributed by atoms with E-state index >= 15 is 0 Å². The number of benzene rings is 2. The van der Waals surface area contributed by atoms with Crippen LogP contribution < -0.4 is 5.46 Å². The van der Waals surface area contributed by atoms with Gasteiger partial charge in [-0.1, -0.05) is 36.4 Å². The van der Waals surface area contributed by atoms with Gasteiger partial charge in [-0.2, -0.15) is 26.3 Å². The molecule has 6 aromatic rings. The van der Waals surface area contributed by atoms with E-state index in [0.29, 0.717) is 16.9 Å². The van der Waals surface area contributed by atoms with Gasteiger partial charge in [0.05, 0.1) is 40.4 Å². The Kier molecular flexibility index (Phi) is 10.8. The first-order chi connectivity index (χ1) is 24.4. The lowest BCUT2D eigenvalue weighted by Gasteiger charge is -2.32. The second-order valence-corrected chi connectivity index (χ2v) is 13.4. The number of nitrogens with zero attached hydrogens (tertiary/aromatic N) is 4. The Morgan fingerprint density at radius 3 is 1.73 bits per heavy atom. The second-order valence-electron chi connectivity index (χ2n) is 12.6. The summed E-state index contributed by atoms with van der Waals surface area (Å²) in [6.45, 7) is 7.27. The Morgan fingerprint density at radius 2 is 1.19 bits per heavy atom. The van der Waals surface area contributed by atoms with Crippen molar-refractivity contribution < 1.29 is 45.2 Å². The molecule has 0 N–H and O–H groups in total. The van der Waals surface area contributed by atoms with Crippen molar-refractivity contribution in [1.82, 2.24) is 18.8 Å². The van der Waals surface area contributed by atoms with E-state index in [1.54, 1.807) is 35.0 Å². The molecule has 0 bridgehead atoms. The van der Waals surface area contributed by atoms with E-state index in [-0.39, 0.29) is 23.6 Å². The van der Waals surface area contributed by atoms with Crippen LogP contribution in [0.15, 0.2) is 102 Å². The summed E-state index contributed by atoms with van der Waals surface area (Å²) in [5.41, 5.74) is -1.24. The molecule has 8 nitrogen and oxygen atoms in total. The number of carbonyl (C=O) groups is 2. The Bertz CT molecular complexity index is 2220. The highest BCUT2D eigenvalue weighted by molar-refractivity contribution is 9.10. The van der Waals surface area contributed by atoms with Crippen LogP contribution in [0, 0.1) is 0 Å².